The molecule has 4 nitrogen and oxygen atoms in total. The molecule has 1 unspecified atom stereocenters. The third-order valence-electron chi connectivity index (χ3n) is 1.96. The summed E-state index contributed by atoms with van der Waals surface area (Å²) in [6.45, 7) is 2.10. The molecule has 1 aromatic heterocycles. The molecule has 13 heavy (non-hydrogen) atoms. The van der Waals surface area contributed by atoms with Gasteiger partial charge in [-0.15, -0.1) is 0 Å². The topological polar surface area (TPSA) is 72.0 Å². The normalized spacial score (nSPS) is 15.4. The maximum atomic E-state index is 9.14. The highest BCUT2D eigenvalue weighted by Crippen LogP contribution is 2.18. The molecule has 3 N–H and O–H groups in total. The lowest BCUT2D eigenvalue weighted by Gasteiger charge is -2.22. The van der Waals surface area contributed by atoms with E-state index in [2.05, 4.69) is 25.9 Å². The van der Waals surface area contributed by atoms with Crippen LogP contribution in [-0.4, -0.2) is 28.2 Å². The Morgan fingerprint density at radius 1 is 1.54 bits per heavy atom. The number of nitrogens with two attached hydrogens (primary N) is 1. The van der Waals surface area contributed by atoms with Crippen LogP contribution < -0.4 is 5.73 Å². The van der Waals surface area contributed by atoms with E-state index in [0.717, 1.165) is 4.47 Å². The number of rotatable bonds is 3. The molecule has 0 bridgehead atoms. The van der Waals surface area contributed by atoms with Crippen molar-refractivity contribution < 1.29 is 5.11 Å². The van der Waals surface area contributed by atoms with Gasteiger partial charge in [-0.2, -0.15) is 0 Å². The monoisotopic (exact) mass is 245 g/mol. The van der Waals surface area contributed by atoms with E-state index in [1.807, 2.05) is 6.92 Å². The summed E-state index contributed by atoms with van der Waals surface area (Å²) in [5, 5.41) is 9.14. The van der Waals surface area contributed by atoms with Gasteiger partial charge in [-0.05, 0) is 22.9 Å². The molecule has 1 heterocycles. The third kappa shape index (κ3) is 2.24. The number of halogens is 1. The molecule has 0 aliphatic heterocycles. The summed E-state index contributed by atoms with van der Waals surface area (Å²) in [7, 11) is 0. The van der Waals surface area contributed by atoms with Crippen molar-refractivity contribution in [2.75, 3.05) is 13.2 Å². The number of hydrogen-bond donors (Lipinski definition) is 2. The van der Waals surface area contributed by atoms with Crippen molar-refractivity contribution in [2.24, 2.45) is 5.73 Å². The molecule has 5 heteroatoms. The first-order valence-corrected chi connectivity index (χ1v) is 4.70. The Kier molecular flexibility index (Phi) is 3.35. The Labute approximate surface area is 85.3 Å². The molecule has 0 aliphatic carbocycles. The summed E-state index contributed by atoms with van der Waals surface area (Å²) in [4.78, 5) is 8.19. The van der Waals surface area contributed by atoms with Crippen LogP contribution in [0.15, 0.2) is 16.9 Å². The van der Waals surface area contributed by atoms with Crippen molar-refractivity contribution in [3.05, 3.63) is 22.7 Å². The SMILES string of the molecule is CC(CN)(CO)c1ncc(Br)cn1. The Morgan fingerprint density at radius 2 is 2.08 bits per heavy atom. The Morgan fingerprint density at radius 3 is 2.46 bits per heavy atom. The summed E-state index contributed by atoms with van der Waals surface area (Å²) < 4.78 is 0.813. The average molecular weight is 246 g/mol. The molecular weight excluding hydrogens is 234 g/mol. The molecule has 1 rings (SSSR count). The number of nitrogens with zero attached hydrogens (tertiary/aromatic N) is 2. The maximum Gasteiger partial charge on any atom is 0.137 e. The van der Waals surface area contributed by atoms with Gasteiger partial charge in [0, 0.05) is 18.9 Å². The van der Waals surface area contributed by atoms with Crippen molar-refractivity contribution in [2.45, 2.75) is 12.3 Å². The van der Waals surface area contributed by atoms with Gasteiger partial charge in [0.1, 0.15) is 5.82 Å². The third-order valence-corrected chi connectivity index (χ3v) is 2.37. The Balaban J connectivity index is 2.99. The van der Waals surface area contributed by atoms with Gasteiger partial charge in [-0.3, -0.25) is 0 Å². The standard InChI is InChI=1S/C8H12BrN3O/c1-8(4-10,5-13)7-11-2-6(9)3-12-7/h2-3,13H,4-5,10H2,1H3. The van der Waals surface area contributed by atoms with Gasteiger partial charge >= 0.3 is 0 Å². The highest BCUT2D eigenvalue weighted by atomic mass is 79.9. The maximum absolute atomic E-state index is 9.14. The summed E-state index contributed by atoms with van der Waals surface area (Å²) >= 11 is 3.24. The van der Waals surface area contributed by atoms with Gasteiger partial charge in [0.05, 0.1) is 16.5 Å². The van der Waals surface area contributed by atoms with E-state index in [1.54, 1.807) is 12.4 Å². The number of aliphatic hydroxyl groups excluding tert-OH is 1. The van der Waals surface area contributed by atoms with E-state index in [-0.39, 0.29) is 6.61 Å². The van der Waals surface area contributed by atoms with Crippen LogP contribution in [0.3, 0.4) is 0 Å². The molecule has 0 amide bonds. The zero-order chi connectivity index (χ0) is 9.90. The molecule has 0 aromatic carbocycles. The van der Waals surface area contributed by atoms with E-state index < -0.39 is 5.41 Å². The van der Waals surface area contributed by atoms with Gasteiger partial charge in [0.25, 0.3) is 0 Å². The largest absolute Gasteiger partial charge is 0.395 e. The van der Waals surface area contributed by atoms with Crippen molar-refractivity contribution >= 4 is 15.9 Å². The predicted octanol–water partition coefficient (Wildman–Crippen LogP) is 0.448. The lowest BCUT2D eigenvalue weighted by atomic mass is 9.91. The highest BCUT2D eigenvalue weighted by Gasteiger charge is 2.26. The fraction of sp³-hybridized carbons (Fsp3) is 0.500. The second kappa shape index (κ2) is 4.13. The van der Waals surface area contributed by atoms with Gasteiger partial charge in [0.2, 0.25) is 0 Å². The fourth-order valence-corrected chi connectivity index (χ4v) is 1.06. The van der Waals surface area contributed by atoms with Crippen molar-refractivity contribution in [3.8, 4) is 0 Å². The van der Waals surface area contributed by atoms with Crippen LogP contribution in [0, 0.1) is 0 Å². The molecule has 0 radical (unpaired) electrons. The van der Waals surface area contributed by atoms with Crippen LogP contribution in [-0.2, 0) is 5.41 Å². The van der Waals surface area contributed by atoms with E-state index in [1.165, 1.54) is 0 Å². The minimum Gasteiger partial charge on any atom is -0.395 e. The quantitative estimate of drug-likeness (QED) is 0.812. The van der Waals surface area contributed by atoms with E-state index in [0.29, 0.717) is 12.4 Å². The van der Waals surface area contributed by atoms with Crippen LogP contribution in [0.2, 0.25) is 0 Å². The lowest BCUT2D eigenvalue weighted by molar-refractivity contribution is 0.203. The molecule has 0 fully saturated rings. The zero-order valence-corrected chi connectivity index (χ0v) is 8.95. The molecule has 1 aromatic rings. The Hall–Kier alpha value is -0.520. The van der Waals surface area contributed by atoms with E-state index in [4.69, 9.17) is 10.8 Å². The summed E-state index contributed by atoms with van der Waals surface area (Å²) in [6.07, 6.45) is 3.29. The average Bonchev–Trinajstić information content (AvgIpc) is 2.18. The van der Waals surface area contributed by atoms with Gasteiger partial charge in [0.15, 0.2) is 0 Å². The summed E-state index contributed by atoms with van der Waals surface area (Å²) in [5.41, 5.74) is 4.99. The minimum atomic E-state index is -0.541. The van der Waals surface area contributed by atoms with Gasteiger partial charge < -0.3 is 10.8 Å². The highest BCUT2D eigenvalue weighted by molar-refractivity contribution is 9.10. The second-order valence-corrected chi connectivity index (χ2v) is 4.06. The predicted molar refractivity (Wildman–Crippen MR) is 53.2 cm³/mol. The number of aromatic nitrogens is 2. The zero-order valence-electron chi connectivity index (χ0n) is 7.37. The first-order valence-electron chi connectivity index (χ1n) is 3.91. The smallest absolute Gasteiger partial charge is 0.137 e. The van der Waals surface area contributed by atoms with E-state index in [9.17, 15) is 0 Å². The van der Waals surface area contributed by atoms with Gasteiger partial charge in [-0.1, -0.05) is 0 Å². The number of hydrogen-bond acceptors (Lipinski definition) is 4. The second-order valence-electron chi connectivity index (χ2n) is 3.15. The molecule has 0 saturated heterocycles. The molecule has 0 spiro atoms. The first kappa shape index (κ1) is 10.6. The molecule has 72 valence electrons. The van der Waals surface area contributed by atoms with Crippen molar-refractivity contribution in [1.29, 1.82) is 0 Å². The van der Waals surface area contributed by atoms with Crippen molar-refractivity contribution in [3.63, 3.8) is 0 Å². The summed E-state index contributed by atoms with van der Waals surface area (Å²) in [5.74, 6) is 0.570. The van der Waals surface area contributed by atoms with Crippen LogP contribution in [0.5, 0.6) is 0 Å². The minimum absolute atomic E-state index is 0.0505. The van der Waals surface area contributed by atoms with Crippen LogP contribution in [0.1, 0.15) is 12.7 Å². The molecule has 0 saturated carbocycles. The molecule has 1 atom stereocenters. The lowest BCUT2D eigenvalue weighted by Crippen LogP contribution is -2.37. The van der Waals surface area contributed by atoms with Crippen LogP contribution in [0.25, 0.3) is 0 Å². The van der Waals surface area contributed by atoms with E-state index >= 15 is 0 Å². The number of aliphatic hydroxyl groups is 1. The van der Waals surface area contributed by atoms with Crippen molar-refractivity contribution in [1.82, 2.24) is 9.97 Å². The van der Waals surface area contributed by atoms with Crippen LogP contribution >= 0.6 is 15.9 Å². The summed E-state index contributed by atoms with van der Waals surface area (Å²) in [6, 6.07) is 0. The Bertz CT molecular complexity index is 271. The van der Waals surface area contributed by atoms with Crippen LogP contribution in [0.4, 0.5) is 0 Å². The fourth-order valence-electron chi connectivity index (χ4n) is 0.851. The van der Waals surface area contributed by atoms with Gasteiger partial charge in [-0.25, -0.2) is 9.97 Å². The molecule has 0 aliphatic rings. The first-order chi connectivity index (χ1) is 6.12. The molecular formula is C8H12BrN3O.